The maximum Gasteiger partial charge on any atom is 0.319 e. The highest BCUT2D eigenvalue weighted by Crippen LogP contribution is 2.35. The number of allylic oxidation sites excluding steroid dienone is 1. The largest absolute Gasteiger partial charge is 0.334 e. The van der Waals surface area contributed by atoms with Crippen molar-refractivity contribution in [3.63, 3.8) is 0 Å². The Labute approximate surface area is 192 Å². The van der Waals surface area contributed by atoms with E-state index in [9.17, 15) is 14.4 Å². The zero-order valence-electron chi connectivity index (χ0n) is 18.8. The first-order valence-corrected chi connectivity index (χ1v) is 11.9. The second-order valence-electron chi connectivity index (χ2n) is 8.98. The smallest absolute Gasteiger partial charge is 0.319 e. The van der Waals surface area contributed by atoms with Crippen molar-refractivity contribution in [2.45, 2.75) is 65.1 Å². The van der Waals surface area contributed by atoms with E-state index in [1.54, 1.807) is 4.90 Å². The Morgan fingerprint density at radius 3 is 2.81 bits per heavy atom. The van der Waals surface area contributed by atoms with E-state index < -0.39 is 0 Å². The Kier molecular flexibility index (Phi) is 6.20. The van der Waals surface area contributed by atoms with Crippen molar-refractivity contribution in [1.82, 2.24) is 10.2 Å². The van der Waals surface area contributed by atoms with Gasteiger partial charge in [0.2, 0.25) is 0 Å². The predicted octanol–water partition coefficient (Wildman–Crippen LogP) is 5.14. The van der Waals surface area contributed by atoms with E-state index in [2.05, 4.69) is 38.0 Å². The van der Waals surface area contributed by atoms with Gasteiger partial charge in [-0.15, -0.1) is 11.3 Å². The molecule has 0 saturated heterocycles. The molecule has 1 aromatic heterocycles. The molecular formula is C25H29N3O3S. The second-order valence-corrected chi connectivity index (χ2v) is 9.86. The fourth-order valence-corrected chi connectivity index (χ4v) is 5.56. The van der Waals surface area contributed by atoms with E-state index in [-0.39, 0.29) is 23.8 Å². The monoisotopic (exact) mass is 451 g/mol. The molecule has 2 heterocycles. The molecule has 1 aliphatic heterocycles. The molecule has 1 atom stereocenters. The van der Waals surface area contributed by atoms with Crippen LogP contribution in [0.2, 0.25) is 0 Å². The van der Waals surface area contributed by atoms with Crippen LogP contribution < -0.4 is 10.6 Å². The molecule has 32 heavy (non-hydrogen) atoms. The summed E-state index contributed by atoms with van der Waals surface area (Å²) in [5, 5.41) is 7.72. The quantitative estimate of drug-likeness (QED) is 0.618. The van der Waals surface area contributed by atoms with Gasteiger partial charge in [-0.1, -0.05) is 32.1 Å². The molecule has 0 radical (unpaired) electrons. The normalized spacial score (nSPS) is 18.3. The number of nitrogens with one attached hydrogen (secondary N) is 2. The number of hydrogen-bond donors (Lipinski definition) is 2. The number of amides is 3. The zero-order valence-corrected chi connectivity index (χ0v) is 19.6. The molecule has 0 bridgehead atoms. The summed E-state index contributed by atoms with van der Waals surface area (Å²) in [5.74, 6) is 0.373. The molecule has 1 saturated carbocycles. The highest BCUT2D eigenvalue weighted by molar-refractivity contribution is 7.12. The summed E-state index contributed by atoms with van der Waals surface area (Å²) >= 11 is 1.39. The maximum atomic E-state index is 12.9. The number of carbonyl (C=O) groups excluding carboxylic acids is 3. The number of nitrogens with zero attached hydrogens (tertiary/aromatic N) is 1. The van der Waals surface area contributed by atoms with E-state index in [0.29, 0.717) is 36.7 Å². The van der Waals surface area contributed by atoms with Crippen LogP contribution in [0.5, 0.6) is 0 Å². The van der Waals surface area contributed by atoms with E-state index in [0.717, 1.165) is 28.8 Å². The van der Waals surface area contributed by atoms with Crippen LogP contribution in [0.15, 0.2) is 35.7 Å². The molecule has 1 aliphatic carbocycles. The number of hydrogen-bond acceptors (Lipinski definition) is 4. The summed E-state index contributed by atoms with van der Waals surface area (Å²) in [7, 11) is 0. The summed E-state index contributed by atoms with van der Waals surface area (Å²) < 4.78 is 0. The third-order valence-electron chi connectivity index (χ3n) is 6.31. The molecule has 6 nitrogen and oxygen atoms in total. The number of anilines is 1. The summed E-state index contributed by atoms with van der Waals surface area (Å²) in [4.78, 5) is 40.2. The lowest BCUT2D eigenvalue weighted by molar-refractivity contribution is -0.124. The number of fused-ring (bicyclic) bond motifs is 1. The van der Waals surface area contributed by atoms with Gasteiger partial charge < -0.3 is 15.5 Å². The molecule has 0 spiro atoms. The topological polar surface area (TPSA) is 78.5 Å². The van der Waals surface area contributed by atoms with E-state index in [1.165, 1.54) is 22.5 Å². The summed E-state index contributed by atoms with van der Waals surface area (Å²) in [6.45, 7) is 11.0. The Balaban J connectivity index is 1.39. The highest BCUT2D eigenvalue weighted by atomic mass is 32.1. The lowest BCUT2D eigenvalue weighted by atomic mass is 9.90. The molecule has 1 aromatic carbocycles. The second kappa shape index (κ2) is 8.90. The van der Waals surface area contributed by atoms with E-state index >= 15 is 0 Å². The van der Waals surface area contributed by atoms with Crippen molar-refractivity contribution >= 4 is 34.7 Å². The first-order valence-electron chi connectivity index (χ1n) is 11.0. The van der Waals surface area contributed by atoms with Crippen LogP contribution in [-0.2, 0) is 17.9 Å². The van der Waals surface area contributed by atoms with Crippen molar-refractivity contribution in [2.24, 2.45) is 0 Å². The van der Waals surface area contributed by atoms with Gasteiger partial charge in [-0.2, -0.15) is 0 Å². The van der Waals surface area contributed by atoms with Gasteiger partial charge in [-0.05, 0) is 59.9 Å². The summed E-state index contributed by atoms with van der Waals surface area (Å²) in [5.41, 5.74) is 5.96. The van der Waals surface area contributed by atoms with Crippen LogP contribution in [-0.4, -0.2) is 28.7 Å². The van der Waals surface area contributed by atoms with Crippen LogP contribution >= 0.6 is 11.3 Å². The van der Waals surface area contributed by atoms with Crippen molar-refractivity contribution in [3.8, 4) is 0 Å². The lowest BCUT2D eigenvalue weighted by Gasteiger charge is -2.30. The molecule has 2 aliphatic rings. The van der Waals surface area contributed by atoms with Crippen molar-refractivity contribution in [3.05, 3.63) is 62.9 Å². The van der Waals surface area contributed by atoms with Crippen LogP contribution in [0, 0.1) is 6.92 Å². The fraction of sp³-hybridized carbons (Fsp3) is 0.400. The predicted molar refractivity (Wildman–Crippen MR) is 127 cm³/mol. The highest BCUT2D eigenvalue weighted by Gasteiger charge is 2.39. The van der Waals surface area contributed by atoms with Gasteiger partial charge in [0.1, 0.15) is 0 Å². The molecule has 4 rings (SSSR count). The number of benzene rings is 1. The fourth-order valence-electron chi connectivity index (χ4n) is 4.52. The molecule has 7 heteroatoms. The number of urea groups is 1. The Hall–Kier alpha value is -2.93. The Morgan fingerprint density at radius 2 is 2.09 bits per heavy atom. The average Bonchev–Trinajstić information content (AvgIpc) is 3.28. The average molecular weight is 452 g/mol. The molecule has 2 N–H and O–H groups in total. The minimum absolute atomic E-state index is 0.0719. The van der Waals surface area contributed by atoms with Gasteiger partial charge in [-0.25, -0.2) is 4.79 Å². The molecule has 2 aromatic rings. The molecule has 1 fully saturated rings. The van der Waals surface area contributed by atoms with Gasteiger partial charge in [0, 0.05) is 30.8 Å². The van der Waals surface area contributed by atoms with Crippen molar-refractivity contribution in [1.29, 1.82) is 0 Å². The number of carbonyl (C=O) groups is 3. The third-order valence-corrected chi connectivity index (χ3v) is 7.37. The summed E-state index contributed by atoms with van der Waals surface area (Å²) in [6.07, 6.45) is 1.78. The van der Waals surface area contributed by atoms with Crippen LogP contribution in [0.3, 0.4) is 0 Å². The van der Waals surface area contributed by atoms with Crippen LogP contribution in [0.1, 0.15) is 71.0 Å². The summed E-state index contributed by atoms with van der Waals surface area (Å²) in [6, 6.07) is 5.27. The van der Waals surface area contributed by atoms with Gasteiger partial charge in [0.15, 0.2) is 5.78 Å². The molecular weight excluding hydrogens is 422 g/mol. The van der Waals surface area contributed by atoms with Crippen LogP contribution in [0.4, 0.5) is 10.5 Å². The zero-order chi connectivity index (χ0) is 23.0. The van der Waals surface area contributed by atoms with E-state index in [4.69, 9.17) is 0 Å². The van der Waals surface area contributed by atoms with Crippen molar-refractivity contribution < 1.29 is 14.4 Å². The minimum Gasteiger partial charge on any atom is -0.334 e. The first kappa shape index (κ1) is 22.3. The standard InChI is InChI=1S/C25H29N3O3S/c1-14(2)19-10-18(7-6-16(19)4)27-25(31)26-11-17-13-32-23-20(17)12-28(24(23)30)21-8-5-15(3)9-22(21)29/h6-7,10,13-14,21H,3,5,8-9,11-12H2,1-2,4H3,(H2,26,27,31). The van der Waals surface area contributed by atoms with Crippen LogP contribution in [0.25, 0.3) is 0 Å². The van der Waals surface area contributed by atoms with Gasteiger partial charge >= 0.3 is 6.03 Å². The number of aryl methyl sites for hydroxylation is 1. The lowest BCUT2D eigenvalue weighted by Crippen LogP contribution is -2.43. The van der Waals surface area contributed by atoms with Crippen molar-refractivity contribution in [2.75, 3.05) is 5.32 Å². The third kappa shape index (κ3) is 4.35. The molecule has 168 valence electrons. The van der Waals surface area contributed by atoms with Gasteiger partial charge in [-0.3, -0.25) is 9.59 Å². The van der Waals surface area contributed by atoms with Gasteiger partial charge in [0.05, 0.1) is 10.9 Å². The first-order chi connectivity index (χ1) is 15.2. The molecule has 3 amide bonds. The maximum absolute atomic E-state index is 12.9. The number of ketones is 1. The Bertz CT molecular complexity index is 1100. The van der Waals surface area contributed by atoms with Gasteiger partial charge in [0.25, 0.3) is 5.91 Å². The molecule has 1 unspecified atom stereocenters. The minimum atomic E-state index is -0.367. The number of thiophene rings is 1. The Morgan fingerprint density at radius 1 is 1.31 bits per heavy atom. The SMILES string of the molecule is C=C1CCC(N2Cc3c(CNC(=O)Nc4ccc(C)c(C(C)C)c4)csc3C2=O)C(=O)C1. The van der Waals surface area contributed by atoms with E-state index in [1.807, 2.05) is 23.6 Å². The number of Topliss-reactive ketones (excluding diaryl/α,β-unsaturated/α-hetero) is 1. The number of rotatable bonds is 5.